The molecule has 0 amide bonds. The van der Waals surface area contributed by atoms with Crippen molar-refractivity contribution in [3.8, 4) is 11.5 Å². The van der Waals surface area contributed by atoms with Crippen molar-refractivity contribution < 1.29 is 27.8 Å². The molecular formula is C23H19FO6. The second kappa shape index (κ2) is 8.02. The van der Waals surface area contributed by atoms with Gasteiger partial charge in [-0.1, -0.05) is 24.3 Å². The van der Waals surface area contributed by atoms with Gasteiger partial charge in [-0.3, -0.25) is 0 Å². The number of halogens is 1. The van der Waals surface area contributed by atoms with Gasteiger partial charge in [0.05, 0.1) is 18.6 Å². The standard InChI is InChI=1S/C23H19FO6/c1-13-11-18-20(22(25)29-13)19(21(30-18)23(26)27-2)15-5-9-17(10-6-15)28-12-14-3-7-16(24)8-4-14/h3-11,19,21H,12H2,1-2H3/t19-,21-/m1/s1. The van der Waals surface area contributed by atoms with Crippen molar-refractivity contribution in [1.29, 1.82) is 0 Å². The highest BCUT2D eigenvalue weighted by molar-refractivity contribution is 5.79. The van der Waals surface area contributed by atoms with E-state index in [4.69, 9.17) is 18.6 Å². The number of rotatable bonds is 5. The Morgan fingerprint density at radius 3 is 2.47 bits per heavy atom. The molecule has 2 aromatic carbocycles. The molecule has 30 heavy (non-hydrogen) atoms. The summed E-state index contributed by atoms with van der Waals surface area (Å²) in [6.07, 6.45) is -0.985. The van der Waals surface area contributed by atoms with E-state index in [1.54, 1.807) is 49.4 Å². The van der Waals surface area contributed by atoms with Crippen LogP contribution >= 0.6 is 0 Å². The molecule has 2 atom stereocenters. The zero-order chi connectivity index (χ0) is 21.3. The minimum absolute atomic E-state index is 0.280. The first-order valence-corrected chi connectivity index (χ1v) is 9.32. The Morgan fingerprint density at radius 2 is 1.80 bits per heavy atom. The van der Waals surface area contributed by atoms with E-state index in [0.29, 0.717) is 22.8 Å². The molecule has 2 heterocycles. The Balaban J connectivity index is 1.59. The van der Waals surface area contributed by atoms with Crippen LogP contribution in [0.15, 0.2) is 63.8 Å². The SMILES string of the molecule is COC(=O)[C@@H]1Oc2cc(C)oc(=O)c2[C@H]1c1ccc(OCc2ccc(F)cc2)cc1. The van der Waals surface area contributed by atoms with Crippen LogP contribution in [-0.4, -0.2) is 19.2 Å². The molecule has 4 rings (SSSR count). The Labute approximate surface area is 171 Å². The number of carbonyl (C=O) groups excluding carboxylic acids is 1. The average molecular weight is 410 g/mol. The van der Waals surface area contributed by atoms with Crippen LogP contribution in [0.2, 0.25) is 0 Å². The van der Waals surface area contributed by atoms with Gasteiger partial charge in [-0.05, 0) is 42.3 Å². The van der Waals surface area contributed by atoms with E-state index in [0.717, 1.165) is 5.56 Å². The van der Waals surface area contributed by atoms with E-state index < -0.39 is 23.6 Å². The number of hydrogen-bond donors (Lipinski definition) is 0. The van der Waals surface area contributed by atoms with Crippen LogP contribution in [0.25, 0.3) is 0 Å². The predicted octanol–water partition coefficient (Wildman–Crippen LogP) is 3.73. The monoisotopic (exact) mass is 410 g/mol. The van der Waals surface area contributed by atoms with E-state index in [1.807, 2.05) is 0 Å². The Kier molecular flexibility index (Phi) is 5.27. The van der Waals surface area contributed by atoms with Crippen LogP contribution in [0, 0.1) is 12.7 Å². The van der Waals surface area contributed by atoms with Gasteiger partial charge >= 0.3 is 11.6 Å². The normalized spacial score (nSPS) is 17.2. The minimum Gasteiger partial charge on any atom is -0.489 e. The van der Waals surface area contributed by atoms with Crippen LogP contribution in [0.3, 0.4) is 0 Å². The molecule has 0 saturated carbocycles. The molecule has 6 nitrogen and oxygen atoms in total. The van der Waals surface area contributed by atoms with Crippen LogP contribution in [-0.2, 0) is 16.1 Å². The largest absolute Gasteiger partial charge is 0.489 e. The van der Waals surface area contributed by atoms with E-state index in [-0.39, 0.29) is 18.0 Å². The summed E-state index contributed by atoms with van der Waals surface area (Å²) in [5, 5.41) is 0. The molecule has 1 aliphatic heterocycles. The van der Waals surface area contributed by atoms with E-state index in [9.17, 15) is 14.0 Å². The Hall–Kier alpha value is -3.61. The smallest absolute Gasteiger partial charge is 0.348 e. The Morgan fingerprint density at radius 1 is 1.10 bits per heavy atom. The Bertz CT molecular complexity index is 1120. The number of ether oxygens (including phenoxy) is 3. The highest BCUT2D eigenvalue weighted by atomic mass is 19.1. The van der Waals surface area contributed by atoms with Crippen molar-refractivity contribution in [2.45, 2.75) is 25.6 Å². The van der Waals surface area contributed by atoms with Crippen LogP contribution in [0.5, 0.6) is 11.5 Å². The summed E-state index contributed by atoms with van der Waals surface area (Å²) in [6, 6.07) is 14.6. The number of hydrogen-bond acceptors (Lipinski definition) is 6. The van der Waals surface area contributed by atoms with Crippen molar-refractivity contribution in [2.24, 2.45) is 0 Å². The van der Waals surface area contributed by atoms with Gasteiger partial charge in [0.25, 0.3) is 0 Å². The third-order valence-corrected chi connectivity index (χ3v) is 4.93. The lowest BCUT2D eigenvalue weighted by Gasteiger charge is -2.17. The third-order valence-electron chi connectivity index (χ3n) is 4.93. The molecule has 1 aromatic heterocycles. The first kappa shape index (κ1) is 19.7. The molecule has 0 radical (unpaired) electrons. The molecule has 0 bridgehead atoms. The summed E-state index contributed by atoms with van der Waals surface area (Å²) < 4.78 is 34.5. The summed E-state index contributed by atoms with van der Waals surface area (Å²) in [5.41, 5.74) is 1.26. The minimum atomic E-state index is -0.985. The van der Waals surface area contributed by atoms with Gasteiger partial charge < -0.3 is 18.6 Å². The highest BCUT2D eigenvalue weighted by Crippen LogP contribution is 2.41. The second-order valence-electron chi connectivity index (χ2n) is 6.95. The summed E-state index contributed by atoms with van der Waals surface area (Å²) in [6.45, 7) is 1.92. The van der Waals surface area contributed by atoms with E-state index >= 15 is 0 Å². The average Bonchev–Trinajstić information content (AvgIpc) is 3.13. The fraction of sp³-hybridized carbons (Fsp3) is 0.217. The lowest BCUT2D eigenvalue weighted by Crippen LogP contribution is -2.31. The zero-order valence-corrected chi connectivity index (χ0v) is 16.4. The molecule has 0 aliphatic carbocycles. The lowest BCUT2D eigenvalue weighted by atomic mass is 9.89. The molecule has 0 fully saturated rings. The number of carbonyl (C=O) groups is 1. The summed E-state index contributed by atoms with van der Waals surface area (Å²) in [4.78, 5) is 24.8. The molecule has 0 unspecified atom stereocenters. The van der Waals surface area contributed by atoms with Crippen molar-refractivity contribution >= 4 is 5.97 Å². The first-order valence-electron chi connectivity index (χ1n) is 9.32. The quantitative estimate of drug-likeness (QED) is 0.597. The number of methoxy groups -OCH3 is 1. The van der Waals surface area contributed by atoms with Gasteiger partial charge in [0, 0.05) is 6.07 Å². The van der Waals surface area contributed by atoms with Crippen molar-refractivity contribution in [1.82, 2.24) is 0 Å². The number of esters is 1. The van der Waals surface area contributed by atoms with E-state index in [2.05, 4.69) is 0 Å². The molecule has 3 aromatic rings. The second-order valence-corrected chi connectivity index (χ2v) is 6.95. The maximum Gasteiger partial charge on any atom is 0.348 e. The molecule has 1 aliphatic rings. The van der Waals surface area contributed by atoms with Gasteiger partial charge in [-0.15, -0.1) is 0 Å². The third kappa shape index (κ3) is 3.78. The molecule has 7 heteroatoms. The summed E-state index contributed by atoms with van der Waals surface area (Å²) in [7, 11) is 1.27. The molecule has 0 N–H and O–H groups in total. The van der Waals surface area contributed by atoms with Crippen molar-refractivity contribution in [3.63, 3.8) is 0 Å². The van der Waals surface area contributed by atoms with Gasteiger partial charge in [0.2, 0.25) is 6.10 Å². The number of benzene rings is 2. The number of fused-ring (bicyclic) bond motifs is 1. The van der Waals surface area contributed by atoms with Gasteiger partial charge in [0.1, 0.15) is 29.7 Å². The number of aryl methyl sites for hydroxylation is 1. The molecular weight excluding hydrogens is 391 g/mol. The van der Waals surface area contributed by atoms with Crippen molar-refractivity contribution in [2.75, 3.05) is 7.11 Å². The lowest BCUT2D eigenvalue weighted by molar-refractivity contribution is -0.148. The molecule has 0 saturated heterocycles. The van der Waals surface area contributed by atoms with Gasteiger partial charge in [-0.25, -0.2) is 14.0 Å². The fourth-order valence-electron chi connectivity index (χ4n) is 3.49. The predicted molar refractivity (Wildman–Crippen MR) is 105 cm³/mol. The zero-order valence-electron chi connectivity index (χ0n) is 16.4. The van der Waals surface area contributed by atoms with Crippen LogP contribution in [0.4, 0.5) is 4.39 Å². The van der Waals surface area contributed by atoms with Crippen LogP contribution in [0.1, 0.15) is 28.4 Å². The topological polar surface area (TPSA) is 75.0 Å². The van der Waals surface area contributed by atoms with Gasteiger partial charge in [-0.2, -0.15) is 0 Å². The van der Waals surface area contributed by atoms with Crippen molar-refractivity contribution in [3.05, 3.63) is 93.3 Å². The summed E-state index contributed by atoms with van der Waals surface area (Å²) >= 11 is 0. The maximum atomic E-state index is 13.0. The van der Waals surface area contributed by atoms with E-state index in [1.165, 1.54) is 19.2 Å². The van der Waals surface area contributed by atoms with Gasteiger partial charge in [0.15, 0.2) is 0 Å². The highest BCUT2D eigenvalue weighted by Gasteiger charge is 2.44. The fourth-order valence-corrected chi connectivity index (χ4v) is 3.49. The maximum absolute atomic E-state index is 13.0. The van der Waals surface area contributed by atoms with Crippen LogP contribution < -0.4 is 15.1 Å². The summed E-state index contributed by atoms with van der Waals surface area (Å²) in [5.74, 6) is -0.233. The first-order chi connectivity index (χ1) is 14.5. The molecule has 154 valence electrons. The molecule has 0 spiro atoms.